The van der Waals surface area contributed by atoms with Gasteiger partial charge >= 0.3 is 0 Å². The van der Waals surface area contributed by atoms with Crippen LogP contribution in [0.3, 0.4) is 0 Å². The van der Waals surface area contributed by atoms with Crippen LogP contribution in [0.1, 0.15) is 19.8 Å². The van der Waals surface area contributed by atoms with Crippen LogP contribution >= 0.6 is 0 Å². The molecule has 0 amide bonds. The lowest BCUT2D eigenvalue weighted by Gasteiger charge is -2.34. The lowest BCUT2D eigenvalue weighted by atomic mass is 9.94. The summed E-state index contributed by atoms with van der Waals surface area (Å²) in [5.41, 5.74) is -0.460. The molecular weight excluding hydrogens is 266 g/mol. The van der Waals surface area contributed by atoms with Gasteiger partial charge < -0.3 is 9.47 Å². The largest absolute Gasteiger partial charge is 0.495 e. The van der Waals surface area contributed by atoms with Crippen molar-refractivity contribution in [3.8, 4) is 5.75 Å². The predicted molar refractivity (Wildman–Crippen MR) is 71.8 cm³/mol. The highest BCUT2D eigenvalue weighted by Crippen LogP contribution is 2.27. The molecule has 19 heavy (non-hydrogen) atoms. The number of nitrogens with one attached hydrogen (secondary N) is 1. The lowest BCUT2D eigenvalue weighted by molar-refractivity contribution is 0.0537. The van der Waals surface area contributed by atoms with Crippen LogP contribution in [0.4, 0.5) is 0 Å². The van der Waals surface area contributed by atoms with Crippen molar-refractivity contribution in [1.82, 2.24) is 4.72 Å². The third kappa shape index (κ3) is 3.26. The first-order valence-corrected chi connectivity index (χ1v) is 7.70. The molecule has 1 aliphatic heterocycles. The monoisotopic (exact) mass is 285 g/mol. The maximum Gasteiger partial charge on any atom is 0.244 e. The zero-order valence-corrected chi connectivity index (χ0v) is 12.0. The van der Waals surface area contributed by atoms with Gasteiger partial charge in [0, 0.05) is 18.8 Å². The highest BCUT2D eigenvalue weighted by Gasteiger charge is 2.33. The second kappa shape index (κ2) is 5.48. The zero-order chi connectivity index (χ0) is 13.9. The van der Waals surface area contributed by atoms with E-state index in [-0.39, 0.29) is 4.90 Å². The number of hydrogen-bond acceptors (Lipinski definition) is 4. The number of sulfonamides is 1. The Bertz CT molecular complexity index is 535. The molecule has 1 aromatic carbocycles. The SMILES string of the molecule is COc1ccccc1S(=O)(=O)NC1(C)CCOCC1. The molecule has 5 nitrogen and oxygen atoms in total. The van der Waals surface area contributed by atoms with Gasteiger partial charge in [-0.05, 0) is 31.9 Å². The molecule has 0 unspecified atom stereocenters. The Balaban J connectivity index is 2.27. The summed E-state index contributed by atoms with van der Waals surface area (Å²) in [6, 6.07) is 6.61. The summed E-state index contributed by atoms with van der Waals surface area (Å²) in [4.78, 5) is 0.171. The summed E-state index contributed by atoms with van der Waals surface area (Å²) < 4.78 is 38.1. The summed E-state index contributed by atoms with van der Waals surface area (Å²) in [6.45, 7) is 3.05. The molecule has 0 radical (unpaired) electrons. The fourth-order valence-electron chi connectivity index (χ4n) is 2.14. The van der Waals surface area contributed by atoms with Crippen LogP contribution in [0, 0.1) is 0 Å². The molecule has 1 saturated heterocycles. The van der Waals surface area contributed by atoms with Crippen LogP contribution in [0.15, 0.2) is 29.2 Å². The van der Waals surface area contributed by atoms with Crippen molar-refractivity contribution in [3.63, 3.8) is 0 Å². The van der Waals surface area contributed by atoms with Gasteiger partial charge in [-0.1, -0.05) is 12.1 Å². The third-order valence-corrected chi connectivity index (χ3v) is 5.01. The van der Waals surface area contributed by atoms with E-state index in [4.69, 9.17) is 9.47 Å². The fourth-order valence-corrected chi connectivity index (χ4v) is 3.78. The molecule has 1 fully saturated rings. The molecule has 1 aliphatic rings. The number of methoxy groups -OCH3 is 1. The second-order valence-electron chi connectivity index (χ2n) is 4.93. The van der Waals surface area contributed by atoms with E-state index in [1.807, 2.05) is 6.92 Å². The average Bonchev–Trinajstić information content (AvgIpc) is 2.38. The smallest absolute Gasteiger partial charge is 0.244 e. The van der Waals surface area contributed by atoms with Crippen LogP contribution in [0.5, 0.6) is 5.75 Å². The molecule has 0 aromatic heterocycles. The molecule has 0 atom stereocenters. The molecule has 1 aromatic rings. The van der Waals surface area contributed by atoms with Crippen LogP contribution in [0.2, 0.25) is 0 Å². The van der Waals surface area contributed by atoms with E-state index in [2.05, 4.69) is 4.72 Å². The molecule has 0 spiro atoms. The number of hydrogen-bond donors (Lipinski definition) is 1. The van der Waals surface area contributed by atoms with Gasteiger partial charge in [-0.3, -0.25) is 0 Å². The Morgan fingerprint density at radius 3 is 2.53 bits per heavy atom. The first-order chi connectivity index (χ1) is 8.97. The molecule has 6 heteroatoms. The minimum Gasteiger partial charge on any atom is -0.495 e. The molecule has 2 rings (SSSR count). The minimum atomic E-state index is -3.59. The van der Waals surface area contributed by atoms with Gasteiger partial charge in [0.2, 0.25) is 10.0 Å². The van der Waals surface area contributed by atoms with Crippen LogP contribution in [0.25, 0.3) is 0 Å². The zero-order valence-electron chi connectivity index (χ0n) is 11.2. The summed E-state index contributed by atoms with van der Waals surface area (Å²) in [5.74, 6) is 0.352. The number of ether oxygens (including phenoxy) is 2. The first kappa shape index (κ1) is 14.3. The maximum absolute atomic E-state index is 12.5. The van der Waals surface area contributed by atoms with Crippen molar-refractivity contribution in [2.45, 2.75) is 30.2 Å². The summed E-state index contributed by atoms with van der Waals surface area (Å²) in [7, 11) is -2.13. The van der Waals surface area contributed by atoms with Gasteiger partial charge in [0.15, 0.2) is 0 Å². The van der Waals surface area contributed by atoms with E-state index in [0.717, 1.165) is 0 Å². The Morgan fingerprint density at radius 2 is 1.89 bits per heavy atom. The van der Waals surface area contributed by atoms with E-state index in [0.29, 0.717) is 31.8 Å². The summed E-state index contributed by atoms with van der Waals surface area (Å²) in [6.07, 6.45) is 1.34. The summed E-state index contributed by atoms with van der Waals surface area (Å²) in [5, 5.41) is 0. The van der Waals surface area contributed by atoms with Crippen LogP contribution in [-0.4, -0.2) is 34.3 Å². The predicted octanol–water partition coefficient (Wildman–Crippen LogP) is 1.54. The Kier molecular flexibility index (Phi) is 4.13. The maximum atomic E-state index is 12.5. The van der Waals surface area contributed by atoms with Crippen LogP contribution in [-0.2, 0) is 14.8 Å². The van der Waals surface area contributed by atoms with E-state index in [1.54, 1.807) is 24.3 Å². The molecule has 1 heterocycles. The number of benzene rings is 1. The molecule has 1 N–H and O–H groups in total. The van der Waals surface area contributed by atoms with Crippen molar-refractivity contribution < 1.29 is 17.9 Å². The lowest BCUT2D eigenvalue weighted by Crippen LogP contribution is -2.49. The molecule has 0 saturated carbocycles. The normalized spacial score (nSPS) is 19.1. The van der Waals surface area contributed by atoms with E-state index in [9.17, 15) is 8.42 Å². The number of rotatable bonds is 4. The van der Waals surface area contributed by atoms with Gasteiger partial charge in [-0.15, -0.1) is 0 Å². The standard InChI is InChI=1S/C13H19NO4S/c1-13(7-9-18-10-8-13)14-19(15,16)12-6-4-3-5-11(12)17-2/h3-6,14H,7-10H2,1-2H3. The second-order valence-corrected chi connectivity index (χ2v) is 6.58. The number of para-hydroxylation sites is 1. The third-order valence-electron chi connectivity index (χ3n) is 3.34. The fraction of sp³-hybridized carbons (Fsp3) is 0.538. The van der Waals surface area contributed by atoms with Crippen molar-refractivity contribution in [1.29, 1.82) is 0 Å². The van der Waals surface area contributed by atoms with E-state index >= 15 is 0 Å². The molecule has 106 valence electrons. The molecular formula is C13H19NO4S. The van der Waals surface area contributed by atoms with Crippen molar-refractivity contribution in [3.05, 3.63) is 24.3 Å². The van der Waals surface area contributed by atoms with E-state index in [1.165, 1.54) is 7.11 Å². The van der Waals surface area contributed by atoms with E-state index < -0.39 is 15.6 Å². The van der Waals surface area contributed by atoms with Crippen molar-refractivity contribution in [2.75, 3.05) is 20.3 Å². The van der Waals surface area contributed by atoms with Crippen molar-refractivity contribution in [2.24, 2.45) is 0 Å². The van der Waals surface area contributed by atoms with Crippen LogP contribution < -0.4 is 9.46 Å². The molecule has 0 bridgehead atoms. The van der Waals surface area contributed by atoms with Gasteiger partial charge in [-0.25, -0.2) is 13.1 Å². The topological polar surface area (TPSA) is 64.6 Å². The molecule has 0 aliphatic carbocycles. The highest BCUT2D eigenvalue weighted by atomic mass is 32.2. The minimum absolute atomic E-state index is 0.171. The quantitative estimate of drug-likeness (QED) is 0.911. The van der Waals surface area contributed by atoms with Gasteiger partial charge in [0.05, 0.1) is 7.11 Å². The van der Waals surface area contributed by atoms with Gasteiger partial charge in [0.25, 0.3) is 0 Å². The summed E-state index contributed by atoms with van der Waals surface area (Å²) >= 11 is 0. The first-order valence-electron chi connectivity index (χ1n) is 6.22. The Morgan fingerprint density at radius 1 is 1.26 bits per heavy atom. The average molecular weight is 285 g/mol. The highest BCUT2D eigenvalue weighted by molar-refractivity contribution is 7.89. The Labute approximate surface area is 114 Å². The van der Waals surface area contributed by atoms with Crippen molar-refractivity contribution >= 4 is 10.0 Å². The van der Waals surface area contributed by atoms with Gasteiger partial charge in [0.1, 0.15) is 10.6 Å². The Hall–Kier alpha value is -1.11. The van der Waals surface area contributed by atoms with Gasteiger partial charge in [-0.2, -0.15) is 0 Å².